The van der Waals surface area contributed by atoms with Crippen LogP contribution in [0, 0.1) is 5.41 Å². The Balaban J connectivity index is 3.90. The molecule has 0 saturated carbocycles. The van der Waals surface area contributed by atoms with Crippen LogP contribution in [0.2, 0.25) is 0 Å². The summed E-state index contributed by atoms with van der Waals surface area (Å²) in [7, 11) is 2.24. The van der Waals surface area contributed by atoms with Crippen LogP contribution in [-0.4, -0.2) is 37.1 Å². The number of hydrogen-bond acceptors (Lipinski definition) is 2. The molecule has 98 valence electrons. The molecule has 0 saturated heterocycles. The van der Waals surface area contributed by atoms with Crippen LogP contribution in [0.3, 0.4) is 0 Å². The summed E-state index contributed by atoms with van der Waals surface area (Å²) in [6.07, 6.45) is 2.45. The highest BCUT2D eigenvalue weighted by atomic mass is 15.1. The van der Waals surface area contributed by atoms with Gasteiger partial charge >= 0.3 is 0 Å². The van der Waals surface area contributed by atoms with E-state index in [4.69, 9.17) is 0 Å². The molecule has 0 bridgehead atoms. The zero-order valence-electron chi connectivity index (χ0n) is 12.4. The van der Waals surface area contributed by atoms with Crippen LogP contribution in [0.1, 0.15) is 54.4 Å². The molecule has 0 aromatic rings. The molecule has 0 aromatic carbocycles. The zero-order chi connectivity index (χ0) is 12.8. The van der Waals surface area contributed by atoms with Crippen molar-refractivity contribution in [2.75, 3.05) is 20.1 Å². The predicted molar refractivity (Wildman–Crippen MR) is 73.9 cm³/mol. The highest BCUT2D eigenvalue weighted by molar-refractivity contribution is 4.74. The smallest absolute Gasteiger partial charge is 0.00788 e. The SMILES string of the molecule is CCCNC(C)CC(C)N(C)CC(C)(C)C. The van der Waals surface area contributed by atoms with Crippen molar-refractivity contribution in [2.24, 2.45) is 5.41 Å². The average Bonchev–Trinajstić information content (AvgIpc) is 2.11. The van der Waals surface area contributed by atoms with E-state index >= 15 is 0 Å². The van der Waals surface area contributed by atoms with E-state index in [2.05, 4.69) is 58.8 Å². The van der Waals surface area contributed by atoms with Crippen molar-refractivity contribution in [2.45, 2.75) is 66.5 Å². The summed E-state index contributed by atoms with van der Waals surface area (Å²) in [5.41, 5.74) is 0.392. The monoisotopic (exact) mass is 228 g/mol. The Morgan fingerprint density at radius 2 is 1.75 bits per heavy atom. The largest absolute Gasteiger partial charge is 0.314 e. The van der Waals surface area contributed by atoms with Crippen molar-refractivity contribution < 1.29 is 0 Å². The van der Waals surface area contributed by atoms with Gasteiger partial charge in [-0.2, -0.15) is 0 Å². The third-order valence-electron chi connectivity index (χ3n) is 2.91. The quantitative estimate of drug-likeness (QED) is 0.720. The van der Waals surface area contributed by atoms with Crippen molar-refractivity contribution in [3.63, 3.8) is 0 Å². The van der Waals surface area contributed by atoms with Crippen molar-refractivity contribution in [1.29, 1.82) is 0 Å². The maximum atomic E-state index is 3.55. The van der Waals surface area contributed by atoms with Gasteiger partial charge in [-0.1, -0.05) is 27.7 Å². The minimum absolute atomic E-state index is 0.392. The summed E-state index contributed by atoms with van der Waals surface area (Å²) in [5.74, 6) is 0. The summed E-state index contributed by atoms with van der Waals surface area (Å²) in [6.45, 7) is 16.0. The van der Waals surface area contributed by atoms with Gasteiger partial charge in [-0.15, -0.1) is 0 Å². The molecule has 2 unspecified atom stereocenters. The van der Waals surface area contributed by atoms with Crippen LogP contribution in [0.4, 0.5) is 0 Å². The lowest BCUT2D eigenvalue weighted by atomic mass is 9.95. The van der Waals surface area contributed by atoms with Crippen molar-refractivity contribution in [1.82, 2.24) is 10.2 Å². The Bertz CT molecular complexity index is 172. The second-order valence-electron chi connectivity index (χ2n) is 6.42. The van der Waals surface area contributed by atoms with Gasteiger partial charge in [-0.05, 0) is 45.7 Å². The predicted octanol–water partition coefficient (Wildman–Crippen LogP) is 3.13. The van der Waals surface area contributed by atoms with Gasteiger partial charge < -0.3 is 10.2 Å². The first-order valence-electron chi connectivity index (χ1n) is 6.70. The van der Waals surface area contributed by atoms with E-state index in [0.29, 0.717) is 17.5 Å². The summed E-state index contributed by atoms with van der Waals surface area (Å²) < 4.78 is 0. The Labute approximate surface area is 103 Å². The van der Waals surface area contributed by atoms with Gasteiger partial charge in [0.2, 0.25) is 0 Å². The first-order valence-corrected chi connectivity index (χ1v) is 6.70. The fraction of sp³-hybridized carbons (Fsp3) is 1.00. The molecule has 1 N–H and O–H groups in total. The molecular formula is C14H32N2. The zero-order valence-corrected chi connectivity index (χ0v) is 12.4. The topological polar surface area (TPSA) is 15.3 Å². The second kappa shape index (κ2) is 7.29. The van der Waals surface area contributed by atoms with Crippen molar-refractivity contribution in [3.8, 4) is 0 Å². The lowest BCUT2D eigenvalue weighted by Crippen LogP contribution is -2.40. The van der Waals surface area contributed by atoms with Gasteiger partial charge in [0.1, 0.15) is 0 Å². The van der Waals surface area contributed by atoms with Gasteiger partial charge in [-0.25, -0.2) is 0 Å². The standard InChI is InChI=1S/C14H32N2/c1-8-9-15-12(2)10-13(3)16(7)11-14(4,5)6/h12-13,15H,8-11H2,1-7H3. The number of rotatable bonds is 7. The maximum Gasteiger partial charge on any atom is 0.00788 e. The van der Waals surface area contributed by atoms with E-state index in [-0.39, 0.29) is 0 Å². The third-order valence-corrected chi connectivity index (χ3v) is 2.91. The highest BCUT2D eigenvalue weighted by Crippen LogP contribution is 2.17. The molecule has 0 amide bonds. The fourth-order valence-electron chi connectivity index (χ4n) is 2.07. The van der Waals surface area contributed by atoms with E-state index in [1.54, 1.807) is 0 Å². The summed E-state index contributed by atoms with van der Waals surface area (Å²) in [4.78, 5) is 2.48. The highest BCUT2D eigenvalue weighted by Gasteiger charge is 2.18. The van der Waals surface area contributed by atoms with Crippen LogP contribution < -0.4 is 5.32 Å². The Hall–Kier alpha value is -0.0800. The first kappa shape index (κ1) is 15.9. The summed E-state index contributed by atoms with van der Waals surface area (Å²) in [5, 5.41) is 3.55. The molecule has 0 spiro atoms. The Morgan fingerprint density at radius 3 is 2.19 bits per heavy atom. The van der Waals surface area contributed by atoms with Crippen molar-refractivity contribution in [3.05, 3.63) is 0 Å². The Morgan fingerprint density at radius 1 is 1.19 bits per heavy atom. The minimum Gasteiger partial charge on any atom is -0.314 e. The second-order valence-corrected chi connectivity index (χ2v) is 6.42. The van der Waals surface area contributed by atoms with Gasteiger partial charge in [-0.3, -0.25) is 0 Å². The lowest BCUT2D eigenvalue weighted by molar-refractivity contribution is 0.167. The third kappa shape index (κ3) is 8.12. The molecule has 0 heterocycles. The first-order chi connectivity index (χ1) is 7.26. The normalized spacial score (nSPS) is 16.5. The van der Waals surface area contributed by atoms with Crippen LogP contribution in [0.25, 0.3) is 0 Å². The van der Waals surface area contributed by atoms with Gasteiger partial charge in [0.15, 0.2) is 0 Å². The van der Waals surface area contributed by atoms with Crippen molar-refractivity contribution >= 4 is 0 Å². The van der Waals surface area contributed by atoms with Gasteiger partial charge in [0.25, 0.3) is 0 Å². The minimum atomic E-state index is 0.392. The number of nitrogens with one attached hydrogen (secondary N) is 1. The number of hydrogen-bond donors (Lipinski definition) is 1. The molecule has 0 fully saturated rings. The summed E-state index contributed by atoms with van der Waals surface area (Å²) >= 11 is 0. The van der Waals surface area contributed by atoms with E-state index in [1.165, 1.54) is 12.8 Å². The molecule has 0 aromatic heterocycles. The number of nitrogens with zero attached hydrogens (tertiary/aromatic N) is 1. The molecule has 2 heteroatoms. The van der Waals surface area contributed by atoms with Crippen LogP contribution in [0.5, 0.6) is 0 Å². The molecule has 2 nitrogen and oxygen atoms in total. The molecule has 16 heavy (non-hydrogen) atoms. The Kier molecular flexibility index (Phi) is 7.25. The molecule has 0 aliphatic rings. The van der Waals surface area contributed by atoms with E-state index < -0.39 is 0 Å². The maximum absolute atomic E-state index is 3.55. The molecule has 0 rings (SSSR count). The molecule has 2 atom stereocenters. The van der Waals surface area contributed by atoms with E-state index in [1.807, 2.05) is 0 Å². The molecule has 0 radical (unpaired) electrons. The summed E-state index contributed by atoms with van der Waals surface area (Å²) in [6, 6.07) is 1.27. The molecule has 0 aliphatic carbocycles. The van der Waals surface area contributed by atoms with E-state index in [0.717, 1.165) is 13.1 Å². The van der Waals surface area contributed by atoms with Gasteiger partial charge in [0.05, 0.1) is 0 Å². The molecular weight excluding hydrogens is 196 g/mol. The van der Waals surface area contributed by atoms with Crippen LogP contribution in [-0.2, 0) is 0 Å². The average molecular weight is 228 g/mol. The van der Waals surface area contributed by atoms with E-state index in [9.17, 15) is 0 Å². The lowest BCUT2D eigenvalue weighted by Gasteiger charge is -2.32. The molecule has 0 aliphatic heterocycles. The fourth-order valence-corrected chi connectivity index (χ4v) is 2.07. The van der Waals surface area contributed by atoms with Crippen LogP contribution >= 0.6 is 0 Å². The van der Waals surface area contributed by atoms with Crippen LogP contribution in [0.15, 0.2) is 0 Å². The van der Waals surface area contributed by atoms with Gasteiger partial charge in [0, 0.05) is 18.6 Å².